The van der Waals surface area contributed by atoms with E-state index >= 15 is 0 Å². The molecule has 1 atom stereocenters. The van der Waals surface area contributed by atoms with E-state index < -0.39 is 0 Å². The third-order valence-corrected chi connectivity index (χ3v) is 3.24. The fourth-order valence-corrected chi connectivity index (χ4v) is 2.20. The maximum Gasteiger partial charge on any atom is 0.246 e. The second-order valence-electron chi connectivity index (χ2n) is 3.69. The van der Waals surface area contributed by atoms with Crippen LogP contribution in [-0.4, -0.2) is 20.1 Å². The van der Waals surface area contributed by atoms with Gasteiger partial charge in [-0.3, -0.25) is 4.79 Å². The molecule has 0 saturated carbocycles. The summed E-state index contributed by atoms with van der Waals surface area (Å²) in [7, 11) is 3.30. The topological polar surface area (TPSA) is 50.4 Å². The van der Waals surface area contributed by atoms with Crippen LogP contribution in [-0.2, 0) is 4.79 Å². The van der Waals surface area contributed by atoms with E-state index in [2.05, 4.69) is 10.6 Å². The number of ether oxygens (including phenoxy) is 1. The minimum Gasteiger partial charge on any atom is -0.495 e. The summed E-state index contributed by atoms with van der Waals surface area (Å²) in [6.07, 6.45) is 0. The van der Waals surface area contributed by atoms with E-state index in [0.717, 1.165) is 11.1 Å². The van der Waals surface area contributed by atoms with Gasteiger partial charge in [-0.15, -0.1) is 0 Å². The van der Waals surface area contributed by atoms with E-state index in [9.17, 15) is 4.79 Å². The van der Waals surface area contributed by atoms with E-state index in [1.54, 1.807) is 20.2 Å². The van der Waals surface area contributed by atoms with Gasteiger partial charge in [0.25, 0.3) is 0 Å². The second-order valence-corrected chi connectivity index (χ2v) is 4.09. The van der Waals surface area contributed by atoms with Gasteiger partial charge in [-0.05, 0) is 19.5 Å². The van der Waals surface area contributed by atoms with Gasteiger partial charge in [0.05, 0.1) is 12.8 Å². The molecule has 5 heteroatoms. The van der Waals surface area contributed by atoms with Crippen LogP contribution in [0.1, 0.15) is 17.2 Å². The number of nitrogens with one attached hydrogen (secondary N) is 2. The molecule has 86 valence electrons. The lowest BCUT2D eigenvalue weighted by molar-refractivity contribution is -0.117. The van der Waals surface area contributed by atoms with Crippen molar-refractivity contribution in [1.29, 1.82) is 0 Å². The van der Waals surface area contributed by atoms with Crippen LogP contribution < -0.4 is 15.4 Å². The van der Waals surface area contributed by atoms with Gasteiger partial charge in [0.1, 0.15) is 11.8 Å². The van der Waals surface area contributed by atoms with Gasteiger partial charge in [0.15, 0.2) is 0 Å². The van der Waals surface area contributed by atoms with Crippen molar-refractivity contribution in [3.05, 3.63) is 22.2 Å². The highest BCUT2D eigenvalue weighted by molar-refractivity contribution is 6.32. The predicted octanol–water partition coefficient (Wildman–Crippen LogP) is 1.87. The lowest BCUT2D eigenvalue weighted by Gasteiger charge is -2.13. The van der Waals surface area contributed by atoms with Crippen LogP contribution in [0.15, 0.2) is 6.07 Å². The number of halogens is 1. The SMILES string of the molecule is CNC1C(=O)Nc2c(OC)cc(Cl)c(C)c21. The molecule has 1 unspecified atom stereocenters. The Morgan fingerprint density at radius 2 is 2.25 bits per heavy atom. The van der Waals surface area contributed by atoms with Gasteiger partial charge >= 0.3 is 0 Å². The number of methoxy groups -OCH3 is 1. The number of fused-ring (bicyclic) bond motifs is 1. The Bertz CT molecular complexity index is 460. The number of carbonyl (C=O) groups excluding carboxylic acids is 1. The summed E-state index contributed by atoms with van der Waals surface area (Å²) in [6.45, 7) is 1.89. The number of anilines is 1. The highest BCUT2D eigenvalue weighted by atomic mass is 35.5. The van der Waals surface area contributed by atoms with E-state index in [1.807, 2.05) is 6.92 Å². The minimum atomic E-state index is -0.359. The van der Waals surface area contributed by atoms with Crippen molar-refractivity contribution < 1.29 is 9.53 Å². The van der Waals surface area contributed by atoms with Crippen molar-refractivity contribution in [3.8, 4) is 5.75 Å². The molecule has 0 bridgehead atoms. The average Bonchev–Trinajstić information content (AvgIpc) is 2.60. The highest BCUT2D eigenvalue weighted by Gasteiger charge is 2.34. The number of amides is 1. The Labute approximate surface area is 98.9 Å². The number of rotatable bonds is 2. The number of carbonyl (C=O) groups is 1. The Morgan fingerprint density at radius 3 is 2.81 bits per heavy atom. The molecule has 16 heavy (non-hydrogen) atoms. The van der Waals surface area contributed by atoms with Crippen LogP contribution in [0.4, 0.5) is 5.69 Å². The van der Waals surface area contributed by atoms with Crippen molar-refractivity contribution in [1.82, 2.24) is 5.32 Å². The number of hydrogen-bond donors (Lipinski definition) is 2. The fraction of sp³-hybridized carbons (Fsp3) is 0.364. The quantitative estimate of drug-likeness (QED) is 0.830. The summed E-state index contributed by atoms with van der Waals surface area (Å²) in [5.74, 6) is 0.512. The predicted molar refractivity (Wildman–Crippen MR) is 63.2 cm³/mol. The first kappa shape index (κ1) is 11.2. The summed E-state index contributed by atoms with van der Waals surface area (Å²) in [4.78, 5) is 11.7. The average molecular weight is 241 g/mol. The molecule has 0 spiro atoms. The van der Waals surface area contributed by atoms with Gasteiger partial charge in [-0.2, -0.15) is 0 Å². The van der Waals surface area contributed by atoms with Gasteiger partial charge in [0, 0.05) is 16.7 Å². The normalized spacial score (nSPS) is 18.2. The van der Waals surface area contributed by atoms with E-state index in [4.69, 9.17) is 16.3 Å². The van der Waals surface area contributed by atoms with Crippen LogP contribution >= 0.6 is 11.6 Å². The van der Waals surface area contributed by atoms with Crippen molar-refractivity contribution in [2.24, 2.45) is 0 Å². The molecule has 2 N–H and O–H groups in total. The standard InChI is InChI=1S/C11H13ClN2O2/c1-5-6(12)4-7(16-3)9-8(5)10(13-2)11(15)14-9/h4,10,13H,1-3H3,(H,14,15). The van der Waals surface area contributed by atoms with E-state index in [-0.39, 0.29) is 11.9 Å². The van der Waals surface area contributed by atoms with E-state index in [0.29, 0.717) is 16.5 Å². The first-order valence-electron chi connectivity index (χ1n) is 4.95. The summed E-state index contributed by atoms with van der Waals surface area (Å²) >= 11 is 6.10. The van der Waals surface area contributed by atoms with Crippen LogP contribution in [0.25, 0.3) is 0 Å². The zero-order valence-electron chi connectivity index (χ0n) is 9.35. The second kappa shape index (κ2) is 3.96. The molecule has 1 heterocycles. The van der Waals surface area contributed by atoms with Crippen LogP contribution in [0.3, 0.4) is 0 Å². The molecular formula is C11H13ClN2O2. The summed E-state index contributed by atoms with van der Waals surface area (Å²) < 4.78 is 5.21. The molecular weight excluding hydrogens is 228 g/mol. The summed E-state index contributed by atoms with van der Waals surface area (Å²) in [5.41, 5.74) is 2.49. The maximum absolute atomic E-state index is 11.7. The zero-order valence-corrected chi connectivity index (χ0v) is 10.1. The van der Waals surface area contributed by atoms with Crippen molar-refractivity contribution in [2.45, 2.75) is 13.0 Å². The van der Waals surface area contributed by atoms with Crippen LogP contribution in [0, 0.1) is 6.92 Å². The molecule has 0 aromatic heterocycles. The minimum absolute atomic E-state index is 0.0823. The Morgan fingerprint density at radius 1 is 1.56 bits per heavy atom. The van der Waals surface area contributed by atoms with Crippen molar-refractivity contribution in [3.63, 3.8) is 0 Å². The maximum atomic E-state index is 11.7. The first-order chi connectivity index (χ1) is 7.60. The molecule has 0 fully saturated rings. The third kappa shape index (κ3) is 1.45. The summed E-state index contributed by atoms with van der Waals surface area (Å²) in [5, 5.41) is 6.37. The largest absolute Gasteiger partial charge is 0.495 e. The van der Waals surface area contributed by atoms with Crippen LogP contribution in [0.5, 0.6) is 5.75 Å². The van der Waals surface area contributed by atoms with Crippen molar-refractivity contribution in [2.75, 3.05) is 19.5 Å². The molecule has 1 amide bonds. The van der Waals surface area contributed by atoms with E-state index in [1.165, 1.54) is 0 Å². The molecule has 1 aliphatic heterocycles. The van der Waals surface area contributed by atoms with Crippen LogP contribution in [0.2, 0.25) is 5.02 Å². The molecule has 1 aromatic carbocycles. The van der Waals surface area contributed by atoms with Gasteiger partial charge in [-0.1, -0.05) is 11.6 Å². The number of benzene rings is 1. The fourth-order valence-electron chi connectivity index (χ4n) is 2.00. The Hall–Kier alpha value is -1.26. The Balaban J connectivity index is 2.68. The molecule has 0 saturated heterocycles. The summed E-state index contributed by atoms with van der Waals surface area (Å²) in [6, 6.07) is 1.36. The van der Waals surface area contributed by atoms with Gasteiger partial charge in [0.2, 0.25) is 5.91 Å². The zero-order chi connectivity index (χ0) is 11.9. The molecule has 4 nitrogen and oxygen atoms in total. The molecule has 2 rings (SSSR count). The molecule has 0 aliphatic carbocycles. The van der Waals surface area contributed by atoms with Gasteiger partial charge < -0.3 is 15.4 Å². The number of hydrogen-bond acceptors (Lipinski definition) is 3. The smallest absolute Gasteiger partial charge is 0.246 e. The van der Waals surface area contributed by atoms with Gasteiger partial charge in [-0.25, -0.2) is 0 Å². The lowest BCUT2D eigenvalue weighted by atomic mass is 10.0. The third-order valence-electron chi connectivity index (χ3n) is 2.84. The molecule has 1 aliphatic rings. The number of likely N-dealkylation sites (N-methyl/N-ethyl adjacent to an activating group) is 1. The first-order valence-corrected chi connectivity index (χ1v) is 5.33. The highest BCUT2D eigenvalue weighted by Crippen LogP contribution is 2.43. The molecule has 1 aromatic rings. The molecule has 0 radical (unpaired) electrons. The Kier molecular flexibility index (Phi) is 2.78. The van der Waals surface area contributed by atoms with Crippen molar-refractivity contribution >= 4 is 23.2 Å². The monoisotopic (exact) mass is 240 g/mol. The lowest BCUT2D eigenvalue weighted by Crippen LogP contribution is -2.24.